The number of aliphatic hydroxyl groups is 1. The second kappa shape index (κ2) is 8.26. The van der Waals surface area contributed by atoms with Gasteiger partial charge >= 0.3 is 0 Å². The summed E-state index contributed by atoms with van der Waals surface area (Å²) in [4.78, 5) is 0.242. The third-order valence-corrected chi connectivity index (χ3v) is 7.94. The molecule has 1 fully saturated rings. The molecule has 0 saturated heterocycles. The van der Waals surface area contributed by atoms with E-state index in [9.17, 15) is 13.5 Å². The van der Waals surface area contributed by atoms with Crippen LogP contribution in [0.15, 0.2) is 65.8 Å². The van der Waals surface area contributed by atoms with Crippen LogP contribution in [0.1, 0.15) is 57.9 Å². The molecule has 28 heavy (non-hydrogen) atoms. The maximum absolute atomic E-state index is 12.9. The summed E-state index contributed by atoms with van der Waals surface area (Å²) in [5, 5.41) is 11.8. The average Bonchev–Trinajstić information content (AvgIpc) is 3.36. The predicted molar refractivity (Wildman–Crippen MR) is 113 cm³/mol. The fourth-order valence-electron chi connectivity index (χ4n) is 4.45. The Hall–Kier alpha value is -1.85. The lowest BCUT2D eigenvalue weighted by Crippen LogP contribution is -2.37. The molecule has 3 unspecified atom stereocenters. The minimum atomic E-state index is -3.67. The first-order valence-electron chi connectivity index (χ1n) is 10.2. The van der Waals surface area contributed by atoms with Crippen molar-refractivity contribution in [2.75, 3.05) is 0 Å². The Morgan fingerprint density at radius 1 is 1.29 bits per heavy atom. The summed E-state index contributed by atoms with van der Waals surface area (Å²) in [6, 6.07) is 10.1. The number of rotatable bonds is 8. The number of nitrogens with zero attached hydrogens (tertiary/aromatic N) is 1. The Labute approximate surface area is 169 Å². The van der Waals surface area contributed by atoms with Gasteiger partial charge in [0.15, 0.2) is 0 Å². The van der Waals surface area contributed by atoms with Gasteiger partial charge in [0.1, 0.15) is 0 Å². The van der Waals surface area contributed by atoms with Crippen LogP contribution in [0.4, 0.5) is 0 Å². The van der Waals surface area contributed by atoms with Gasteiger partial charge in [-0.15, -0.1) is 0 Å². The van der Waals surface area contributed by atoms with Gasteiger partial charge in [0.2, 0.25) is 0 Å². The maximum Gasteiger partial charge on any atom is 0.267 e. The van der Waals surface area contributed by atoms with Crippen LogP contribution in [0, 0.1) is 11.8 Å². The topological polar surface area (TPSA) is 59.3 Å². The van der Waals surface area contributed by atoms with Crippen molar-refractivity contribution in [1.82, 2.24) is 3.97 Å². The first-order valence-corrected chi connectivity index (χ1v) is 11.6. The van der Waals surface area contributed by atoms with Gasteiger partial charge in [-0.1, -0.05) is 57.0 Å². The highest BCUT2D eigenvalue weighted by atomic mass is 32.2. The molecule has 1 aliphatic carbocycles. The van der Waals surface area contributed by atoms with Crippen molar-refractivity contribution in [2.45, 2.75) is 62.9 Å². The van der Waals surface area contributed by atoms with Crippen molar-refractivity contribution in [2.24, 2.45) is 11.8 Å². The van der Waals surface area contributed by atoms with Gasteiger partial charge in [-0.2, -0.15) is 0 Å². The van der Waals surface area contributed by atoms with Crippen LogP contribution < -0.4 is 0 Å². The standard InChI is InChI=1S/C23H31NO3S/c1-4-5-15-23(25,19(3)22-13-9-10-18(22)2)20-14-16-24(17-20)28(26,27)21-11-7-6-8-12-21/h6-8,11-12,14,16-17,19,22,25H,2,4-5,9-10,13,15H2,1,3H3. The van der Waals surface area contributed by atoms with Crippen LogP contribution in [0.25, 0.3) is 0 Å². The molecule has 1 N–H and O–H groups in total. The molecule has 1 aromatic carbocycles. The fraction of sp³-hybridized carbons (Fsp3) is 0.478. The summed E-state index contributed by atoms with van der Waals surface area (Å²) in [5.41, 5.74) is 0.817. The number of unbranched alkanes of at least 4 members (excludes halogenated alkanes) is 1. The van der Waals surface area contributed by atoms with E-state index in [0.29, 0.717) is 12.0 Å². The highest BCUT2D eigenvalue weighted by Crippen LogP contribution is 2.46. The molecular formula is C23H31NO3S. The van der Waals surface area contributed by atoms with Crippen LogP contribution >= 0.6 is 0 Å². The first kappa shape index (κ1) is 20.9. The van der Waals surface area contributed by atoms with E-state index in [-0.39, 0.29) is 16.7 Å². The van der Waals surface area contributed by atoms with E-state index in [1.54, 1.807) is 48.8 Å². The quantitative estimate of drug-likeness (QED) is 0.626. The molecule has 0 radical (unpaired) electrons. The van der Waals surface area contributed by atoms with E-state index >= 15 is 0 Å². The molecule has 1 saturated carbocycles. The third kappa shape index (κ3) is 3.83. The summed E-state index contributed by atoms with van der Waals surface area (Å²) in [5.74, 6) is 0.264. The summed E-state index contributed by atoms with van der Waals surface area (Å²) in [6.07, 6.45) is 8.78. The van der Waals surface area contributed by atoms with E-state index < -0.39 is 15.6 Å². The van der Waals surface area contributed by atoms with Gasteiger partial charge in [0, 0.05) is 18.0 Å². The lowest BCUT2D eigenvalue weighted by molar-refractivity contribution is -0.0432. The third-order valence-electron chi connectivity index (χ3n) is 6.29. The second-order valence-corrected chi connectivity index (χ2v) is 9.86. The number of hydrogen-bond acceptors (Lipinski definition) is 3. The fourth-order valence-corrected chi connectivity index (χ4v) is 5.67. The summed E-state index contributed by atoms with van der Waals surface area (Å²) < 4.78 is 27.1. The predicted octanol–water partition coefficient (Wildman–Crippen LogP) is 5.10. The SMILES string of the molecule is C=C1CCCC1C(C)C(O)(CCCC)c1ccn(S(=O)(=O)c2ccccc2)c1. The summed E-state index contributed by atoms with van der Waals surface area (Å²) >= 11 is 0. The van der Waals surface area contributed by atoms with E-state index in [4.69, 9.17) is 0 Å². The Balaban J connectivity index is 1.97. The van der Waals surface area contributed by atoms with Gasteiger partial charge in [0.05, 0.1) is 10.5 Å². The average molecular weight is 402 g/mol. The van der Waals surface area contributed by atoms with Gasteiger partial charge in [0.25, 0.3) is 10.0 Å². The Kier molecular flexibility index (Phi) is 6.15. The van der Waals surface area contributed by atoms with E-state index in [1.807, 2.05) is 0 Å². The van der Waals surface area contributed by atoms with Crippen molar-refractivity contribution in [3.05, 3.63) is 66.5 Å². The van der Waals surface area contributed by atoms with Crippen molar-refractivity contribution < 1.29 is 13.5 Å². The number of benzene rings is 1. The van der Waals surface area contributed by atoms with E-state index in [2.05, 4.69) is 20.4 Å². The Bertz CT molecular complexity index is 916. The van der Waals surface area contributed by atoms with Gasteiger partial charge in [-0.05, 0) is 55.7 Å². The molecule has 5 heteroatoms. The maximum atomic E-state index is 12.9. The van der Waals surface area contributed by atoms with Crippen molar-refractivity contribution in [1.29, 1.82) is 0 Å². The van der Waals surface area contributed by atoms with Gasteiger partial charge in [-0.25, -0.2) is 12.4 Å². The second-order valence-electron chi connectivity index (χ2n) is 8.02. The monoisotopic (exact) mass is 401 g/mol. The highest BCUT2D eigenvalue weighted by Gasteiger charge is 2.42. The molecule has 1 aromatic heterocycles. The Morgan fingerprint density at radius 2 is 2.00 bits per heavy atom. The largest absolute Gasteiger partial charge is 0.385 e. The zero-order valence-electron chi connectivity index (χ0n) is 16.8. The van der Waals surface area contributed by atoms with Gasteiger partial charge < -0.3 is 5.11 Å². The molecular weight excluding hydrogens is 370 g/mol. The molecule has 0 amide bonds. The number of hydrogen-bond donors (Lipinski definition) is 1. The van der Waals surface area contributed by atoms with Crippen molar-refractivity contribution in [3.63, 3.8) is 0 Å². The normalized spacial score (nSPS) is 20.8. The highest BCUT2D eigenvalue weighted by molar-refractivity contribution is 7.90. The van der Waals surface area contributed by atoms with Crippen molar-refractivity contribution >= 4 is 10.0 Å². The van der Waals surface area contributed by atoms with Crippen LogP contribution in [-0.4, -0.2) is 17.5 Å². The van der Waals surface area contributed by atoms with E-state index in [1.165, 1.54) is 9.55 Å². The molecule has 4 nitrogen and oxygen atoms in total. The first-order chi connectivity index (χ1) is 13.3. The molecule has 0 spiro atoms. The molecule has 0 bridgehead atoms. The zero-order chi connectivity index (χ0) is 20.4. The molecule has 3 rings (SSSR count). The molecule has 0 aliphatic heterocycles. The number of aromatic nitrogens is 1. The van der Waals surface area contributed by atoms with E-state index in [0.717, 1.165) is 32.1 Å². The number of allylic oxidation sites excluding steroid dienone is 1. The zero-order valence-corrected chi connectivity index (χ0v) is 17.7. The van der Waals surface area contributed by atoms with Gasteiger partial charge in [-0.3, -0.25) is 0 Å². The molecule has 3 atom stereocenters. The van der Waals surface area contributed by atoms with Crippen LogP contribution in [-0.2, 0) is 15.6 Å². The molecule has 152 valence electrons. The summed E-state index contributed by atoms with van der Waals surface area (Å²) in [6.45, 7) is 8.40. The minimum absolute atomic E-state index is 0.00988. The lowest BCUT2D eigenvalue weighted by Gasteiger charge is -2.38. The van der Waals surface area contributed by atoms with Crippen LogP contribution in [0.5, 0.6) is 0 Å². The minimum Gasteiger partial charge on any atom is -0.385 e. The van der Waals surface area contributed by atoms with Crippen LogP contribution in [0.3, 0.4) is 0 Å². The smallest absolute Gasteiger partial charge is 0.267 e. The van der Waals surface area contributed by atoms with Crippen molar-refractivity contribution in [3.8, 4) is 0 Å². The summed E-state index contributed by atoms with van der Waals surface area (Å²) in [7, 11) is -3.67. The van der Waals surface area contributed by atoms with Crippen LogP contribution in [0.2, 0.25) is 0 Å². The molecule has 2 aromatic rings. The molecule has 1 aliphatic rings. The Morgan fingerprint density at radius 3 is 2.61 bits per heavy atom. The lowest BCUT2D eigenvalue weighted by atomic mass is 9.72. The molecule has 1 heterocycles.